The average molecular weight is 303 g/mol. The molecule has 2 rings (SSSR count). The highest BCUT2D eigenvalue weighted by Crippen LogP contribution is 2.31. The topological polar surface area (TPSA) is 15.3 Å². The molecule has 0 saturated heterocycles. The molecule has 1 N–H and O–H groups in total. The van der Waals surface area contributed by atoms with Gasteiger partial charge >= 0.3 is 0 Å². The van der Waals surface area contributed by atoms with Crippen molar-refractivity contribution in [3.8, 4) is 0 Å². The van der Waals surface area contributed by atoms with Crippen LogP contribution >= 0.6 is 11.6 Å². The second-order valence-corrected chi connectivity index (χ2v) is 5.57. The molecule has 0 saturated carbocycles. The molecule has 0 fully saturated rings. The maximum Gasteiger partial charge on any atom is 0.0471 e. The van der Waals surface area contributed by atoms with E-state index in [4.69, 9.17) is 11.6 Å². The molecule has 0 bridgehead atoms. The summed E-state index contributed by atoms with van der Waals surface area (Å²) in [7, 11) is 0. The van der Waals surface area contributed by atoms with Gasteiger partial charge in [0.1, 0.15) is 0 Å². The van der Waals surface area contributed by atoms with Crippen LogP contribution in [0.1, 0.15) is 25.0 Å². The molecule has 0 aliphatic carbocycles. The predicted octanol–water partition coefficient (Wildman–Crippen LogP) is 4.92. The fraction of sp³-hybridized carbons (Fsp3) is 0.333. The zero-order valence-electron chi connectivity index (χ0n) is 13.0. The normalized spacial score (nSPS) is 10.7. The highest BCUT2D eigenvalue weighted by Gasteiger charge is 2.12. The van der Waals surface area contributed by atoms with Crippen LogP contribution in [0.4, 0.5) is 11.4 Å². The molecule has 2 nitrogen and oxygen atoms in total. The van der Waals surface area contributed by atoms with E-state index in [0.717, 1.165) is 24.7 Å². The van der Waals surface area contributed by atoms with Crippen LogP contribution in [0, 0.1) is 6.92 Å². The Hall–Kier alpha value is -1.51. The van der Waals surface area contributed by atoms with Crippen LogP contribution in [0.15, 0.2) is 42.5 Å². The van der Waals surface area contributed by atoms with E-state index in [1.165, 1.54) is 22.5 Å². The summed E-state index contributed by atoms with van der Waals surface area (Å²) in [6.07, 6.45) is 0. The molecule has 3 heteroatoms. The second kappa shape index (κ2) is 7.48. The summed E-state index contributed by atoms with van der Waals surface area (Å²) in [5.74, 6) is 0. The highest BCUT2D eigenvalue weighted by atomic mass is 35.5. The third kappa shape index (κ3) is 3.99. The summed E-state index contributed by atoms with van der Waals surface area (Å²) in [5, 5.41) is 4.17. The monoisotopic (exact) mass is 302 g/mol. The van der Waals surface area contributed by atoms with E-state index < -0.39 is 0 Å². The summed E-state index contributed by atoms with van der Waals surface area (Å²) >= 11 is 6.22. The first-order valence-electron chi connectivity index (χ1n) is 7.49. The first-order valence-corrected chi connectivity index (χ1v) is 7.86. The number of rotatable bonds is 6. The Labute approximate surface area is 132 Å². The lowest BCUT2D eigenvalue weighted by Crippen LogP contribution is -2.20. The third-order valence-electron chi connectivity index (χ3n) is 3.57. The van der Waals surface area contributed by atoms with Gasteiger partial charge in [-0.05, 0) is 50.2 Å². The van der Waals surface area contributed by atoms with Crippen molar-refractivity contribution in [2.75, 3.05) is 18.0 Å². The third-order valence-corrected chi connectivity index (χ3v) is 3.80. The molecular weight excluding hydrogens is 280 g/mol. The van der Waals surface area contributed by atoms with Gasteiger partial charge in [0.05, 0.1) is 0 Å². The van der Waals surface area contributed by atoms with Gasteiger partial charge in [-0.1, -0.05) is 42.3 Å². The molecule has 0 radical (unpaired) electrons. The maximum atomic E-state index is 6.22. The molecule has 0 aliphatic rings. The van der Waals surface area contributed by atoms with Gasteiger partial charge in [-0.25, -0.2) is 0 Å². The van der Waals surface area contributed by atoms with Gasteiger partial charge in [0.15, 0.2) is 0 Å². The van der Waals surface area contributed by atoms with Gasteiger partial charge in [0.2, 0.25) is 0 Å². The minimum Gasteiger partial charge on any atom is -0.341 e. The summed E-state index contributed by atoms with van der Waals surface area (Å²) in [6, 6.07) is 14.7. The Morgan fingerprint density at radius 2 is 1.76 bits per heavy atom. The fourth-order valence-electron chi connectivity index (χ4n) is 2.41. The number of anilines is 2. The number of nitrogens with zero attached hydrogens (tertiary/aromatic N) is 1. The van der Waals surface area contributed by atoms with Crippen LogP contribution < -0.4 is 10.2 Å². The average Bonchev–Trinajstić information content (AvgIpc) is 2.49. The van der Waals surface area contributed by atoms with E-state index in [0.29, 0.717) is 0 Å². The largest absolute Gasteiger partial charge is 0.341 e. The minimum absolute atomic E-state index is 0.774. The molecule has 21 heavy (non-hydrogen) atoms. The van der Waals surface area contributed by atoms with Crippen molar-refractivity contribution in [1.29, 1.82) is 0 Å². The summed E-state index contributed by atoms with van der Waals surface area (Å²) < 4.78 is 0. The molecule has 2 aromatic carbocycles. The number of halogens is 1. The van der Waals surface area contributed by atoms with Crippen molar-refractivity contribution < 1.29 is 0 Å². The molecule has 0 aromatic heterocycles. The fourth-order valence-corrected chi connectivity index (χ4v) is 2.58. The smallest absolute Gasteiger partial charge is 0.0471 e. The van der Waals surface area contributed by atoms with E-state index >= 15 is 0 Å². The zero-order valence-corrected chi connectivity index (χ0v) is 13.7. The highest BCUT2D eigenvalue weighted by molar-refractivity contribution is 6.30. The van der Waals surface area contributed by atoms with Gasteiger partial charge in [-0.15, -0.1) is 0 Å². The summed E-state index contributed by atoms with van der Waals surface area (Å²) in [4.78, 5) is 2.30. The lowest BCUT2D eigenvalue weighted by atomic mass is 10.1. The van der Waals surface area contributed by atoms with Gasteiger partial charge in [-0.3, -0.25) is 0 Å². The number of hydrogen-bond donors (Lipinski definition) is 1. The van der Waals surface area contributed by atoms with Crippen LogP contribution in [-0.2, 0) is 6.54 Å². The summed E-state index contributed by atoms with van der Waals surface area (Å²) in [5.41, 5.74) is 4.91. The van der Waals surface area contributed by atoms with Crippen LogP contribution in [0.25, 0.3) is 0 Å². The van der Waals surface area contributed by atoms with Crippen LogP contribution in [0.2, 0.25) is 5.02 Å². The Balaban J connectivity index is 2.40. The second-order valence-electron chi connectivity index (χ2n) is 5.13. The van der Waals surface area contributed by atoms with Gasteiger partial charge in [-0.2, -0.15) is 0 Å². The van der Waals surface area contributed by atoms with Crippen molar-refractivity contribution in [3.05, 3.63) is 58.6 Å². The quantitative estimate of drug-likeness (QED) is 0.815. The Morgan fingerprint density at radius 3 is 2.38 bits per heavy atom. The molecule has 0 atom stereocenters. The van der Waals surface area contributed by atoms with E-state index in [1.807, 2.05) is 6.07 Å². The van der Waals surface area contributed by atoms with Crippen molar-refractivity contribution in [2.24, 2.45) is 0 Å². The first-order chi connectivity index (χ1) is 10.2. The molecular formula is C18H23ClN2. The molecule has 0 heterocycles. The maximum absolute atomic E-state index is 6.22. The zero-order chi connectivity index (χ0) is 15.2. The molecule has 2 aromatic rings. The molecule has 0 aliphatic heterocycles. The van der Waals surface area contributed by atoms with E-state index in [1.54, 1.807) is 0 Å². The van der Waals surface area contributed by atoms with Crippen molar-refractivity contribution in [1.82, 2.24) is 5.32 Å². The van der Waals surface area contributed by atoms with E-state index in [-0.39, 0.29) is 0 Å². The number of aryl methyl sites for hydroxylation is 1. The van der Waals surface area contributed by atoms with Crippen LogP contribution in [0.5, 0.6) is 0 Å². The Bertz CT molecular complexity index is 578. The Kier molecular flexibility index (Phi) is 5.66. The Morgan fingerprint density at radius 1 is 1.05 bits per heavy atom. The van der Waals surface area contributed by atoms with Crippen LogP contribution in [0.3, 0.4) is 0 Å². The standard InChI is InChI=1S/C18H23ClN2/c1-4-20-13-15-8-9-16(19)12-18(15)21(5-2)17-10-6-14(3)7-11-17/h6-12,20H,4-5,13H2,1-3H3. The molecule has 112 valence electrons. The summed E-state index contributed by atoms with van der Waals surface area (Å²) in [6.45, 7) is 9.10. The number of hydrogen-bond acceptors (Lipinski definition) is 2. The van der Waals surface area contributed by atoms with Crippen molar-refractivity contribution >= 4 is 23.0 Å². The lowest BCUT2D eigenvalue weighted by molar-refractivity contribution is 0.725. The predicted molar refractivity (Wildman–Crippen MR) is 92.7 cm³/mol. The molecule has 0 amide bonds. The van der Waals surface area contributed by atoms with Crippen molar-refractivity contribution in [2.45, 2.75) is 27.3 Å². The number of nitrogens with one attached hydrogen (secondary N) is 1. The van der Waals surface area contributed by atoms with E-state index in [2.05, 4.69) is 67.4 Å². The van der Waals surface area contributed by atoms with E-state index in [9.17, 15) is 0 Å². The van der Waals surface area contributed by atoms with Crippen LogP contribution in [-0.4, -0.2) is 13.1 Å². The molecule has 0 unspecified atom stereocenters. The van der Waals surface area contributed by atoms with Gasteiger partial charge < -0.3 is 10.2 Å². The van der Waals surface area contributed by atoms with Gasteiger partial charge in [0.25, 0.3) is 0 Å². The van der Waals surface area contributed by atoms with Crippen molar-refractivity contribution in [3.63, 3.8) is 0 Å². The number of benzene rings is 2. The minimum atomic E-state index is 0.774. The van der Waals surface area contributed by atoms with Gasteiger partial charge in [0, 0.05) is 29.5 Å². The first kappa shape index (κ1) is 15.9. The SMILES string of the molecule is CCNCc1ccc(Cl)cc1N(CC)c1ccc(C)cc1. The molecule has 0 spiro atoms. The lowest BCUT2D eigenvalue weighted by Gasteiger charge is -2.26.